The highest BCUT2D eigenvalue weighted by Crippen LogP contribution is 2.22. The Bertz CT molecular complexity index is 323. The van der Waals surface area contributed by atoms with Gasteiger partial charge in [-0.05, 0) is 18.2 Å². The molecule has 0 unspecified atom stereocenters. The number of rotatable bonds is 3. The number of amides is 1. The summed E-state index contributed by atoms with van der Waals surface area (Å²) in [5.74, 6) is -0.0693. The Labute approximate surface area is 101 Å². The van der Waals surface area contributed by atoms with Gasteiger partial charge in [-0.3, -0.25) is 4.79 Å². The van der Waals surface area contributed by atoms with E-state index in [9.17, 15) is 4.79 Å². The van der Waals surface area contributed by atoms with Crippen LogP contribution in [-0.2, 0) is 4.79 Å². The summed E-state index contributed by atoms with van der Waals surface area (Å²) in [5.41, 5.74) is 0.619. The molecule has 1 N–H and O–H groups in total. The van der Waals surface area contributed by atoms with E-state index < -0.39 is 0 Å². The van der Waals surface area contributed by atoms with Gasteiger partial charge >= 0.3 is 0 Å². The van der Waals surface area contributed by atoms with Crippen LogP contribution in [-0.4, -0.2) is 11.2 Å². The highest BCUT2D eigenvalue weighted by molar-refractivity contribution is 9.09. The third kappa shape index (κ3) is 3.86. The smallest absolute Gasteiger partial charge is 0.225 e. The van der Waals surface area contributed by atoms with Crippen molar-refractivity contribution in [2.24, 2.45) is 0 Å². The molecule has 0 aliphatic carbocycles. The normalized spacial score (nSPS) is 9.93. The molecule has 0 bridgehead atoms. The summed E-state index contributed by atoms with van der Waals surface area (Å²) in [6, 6.07) is 4.92. The number of nitrogens with one attached hydrogen (secondary N) is 1. The van der Waals surface area contributed by atoms with Gasteiger partial charge in [0.15, 0.2) is 0 Å². The molecule has 5 heteroatoms. The van der Waals surface area contributed by atoms with Gasteiger partial charge in [-0.15, -0.1) is 0 Å². The van der Waals surface area contributed by atoms with Crippen LogP contribution in [0.25, 0.3) is 0 Å². The molecule has 0 radical (unpaired) electrons. The monoisotopic (exact) mass is 295 g/mol. The fourth-order valence-electron chi connectivity index (χ4n) is 0.935. The van der Waals surface area contributed by atoms with Crippen LogP contribution in [0.1, 0.15) is 6.42 Å². The minimum Gasteiger partial charge on any atom is -0.326 e. The topological polar surface area (TPSA) is 29.1 Å². The van der Waals surface area contributed by atoms with Gasteiger partial charge in [0, 0.05) is 27.5 Å². The maximum atomic E-state index is 11.2. The Morgan fingerprint density at radius 1 is 1.29 bits per heavy atom. The van der Waals surface area contributed by atoms with Gasteiger partial charge in [-0.2, -0.15) is 0 Å². The van der Waals surface area contributed by atoms with E-state index >= 15 is 0 Å². The number of anilines is 1. The molecule has 0 saturated heterocycles. The molecule has 0 saturated carbocycles. The van der Waals surface area contributed by atoms with Crippen LogP contribution >= 0.6 is 39.1 Å². The molecule has 0 aliphatic rings. The van der Waals surface area contributed by atoms with Crippen molar-refractivity contribution in [2.45, 2.75) is 6.42 Å². The van der Waals surface area contributed by atoms with Gasteiger partial charge in [0.25, 0.3) is 0 Å². The van der Waals surface area contributed by atoms with Crippen LogP contribution in [0.2, 0.25) is 10.0 Å². The van der Waals surface area contributed by atoms with Crippen molar-refractivity contribution >= 4 is 50.7 Å². The van der Waals surface area contributed by atoms with Gasteiger partial charge in [0.1, 0.15) is 0 Å². The number of benzene rings is 1. The molecule has 1 amide bonds. The molecule has 0 heterocycles. The molecule has 1 rings (SSSR count). The van der Waals surface area contributed by atoms with E-state index in [2.05, 4.69) is 21.2 Å². The predicted octanol–water partition coefficient (Wildman–Crippen LogP) is 3.72. The summed E-state index contributed by atoms with van der Waals surface area (Å²) in [5, 5.41) is 4.33. The van der Waals surface area contributed by atoms with Gasteiger partial charge in [0.2, 0.25) is 5.91 Å². The Balaban J connectivity index is 2.71. The van der Waals surface area contributed by atoms with E-state index in [1.165, 1.54) is 0 Å². The average molecular weight is 297 g/mol. The molecule has 14 heavy (non-hydrogen) atoms. The quantitative estimate of drug-likeness (QED) is 0.846. The minimum atomic E-state index is -0.0693. The second-order valence-electron chi connectivity index (χ2n) is 2.65. The first kappa shape index (κ1) is 11.8. The van der Waals surface area contributed by atoms with Crippen LogP contribution < -0.4 is 5.32 Å². The summed E-state index contributed by atoms with van der Waals surface area (Å²) < 4.78 is 0. The van der Waals surface area contributed by atoms with Crippen molar-refractivity contribution < 1.29 is 4.79 Å². The Kier molecular flexibility index (Phi) is 4.72. The Hall–Kier alpha value is -0.250. The fourth-order valence-corrected chi connectivity index (χ4v) is 1.82. The lowest BCUT2D eigenvalue weighted by Gasteiger charge is -2.04. The second-order valence-corrected chi connectivity index (χ2v) is 4.31. The second kappa shape index (κ2) is 5.59. The van der Waals surface area contributed by atoms with Crippen LogP contribution in [0, 0.1) is 0 Å². The standard InChI is InChI=1S/C9H8BrCl2NO/c10-2-1-9(14)13-8-4-6(11)3-7(12)5-8/h3-5H,1-2H2,(H,13,14). The maximum Gasteiger partial charge on any atom is 0.225 e. The molecule has 1 aromatic carbocycles. The molecule has 0 aliphatic heterocycles. The molecule has 76 valence electrons. The zero-order valence-corrected chi connectivity index (χ0v) is 10.3. The molecular weight excluding hydrogens is 289 g/mol. The summed E-state index contributed by atoms with van der Waals surface area (Å²) in [7, 11) is 0. The highest BCUT2D eigenvalue weighted by Gasteiger charge is 2.02. The number of carbonyl (C=O) groups is 1. The largest absolute Gasteiger partial charge is 0.326 e. The van der Waals surface area contributed by atoms with Crippen molar-refractivity contribution in [3.8, 4) is 0 Å². The zero-order chi connectivity index (χ0) is 10.6. The average Bonchev–Trinajstić information content (AvgIpc) is 2.01. The van der Waals surface area contributed by atoms with Crippen molar-refractivity contribution in [2.75, 3.05) is 10.6 Å². The predicted molar refractivity (Wildman–Crippen MR) is 63.5 cm³/mol. The van der Waals surface area contributed by atoms with Crippen LogP contribution in [0.15, 0.2) is 18.2 Å². The first-order valence-corrected chi connectivity index (χ1v) is 5.81. The third-order valence-corrected chi connectivity index (χ3v) is 2.30. The molecule has 0 fully saturated rings. The lowest BCUT2D eigenvalue weighted by atomic mass is 10.3. The van der Waals surface area contributed by atoms with E-state index in [0.29, 0.717) is 27.5 Å². The SMILES string of the molecule is O=C(CCBr)Nc1cc(Cl)cc(Cl)c1. The fraction of sp³-hybridized carbons (Fsp3) is 0.222. The van der Waals surface area contributed by atoms with E-state index in [1.807, 2.05) is 0 Å². The summed E-state index contributed by atoms with van der Waals surface area (Å²) in [4.78, 5) is 11.2. The molecule has 2 nitrogen and oxygen atoms in total. The first-order chi connectivity index (χ1) is 6.61. The number of hydrogen-bond acceptors (Lipinski definition) is 1. The lowest BCUT2D eigenvalue weighted by Crippen LogP contribution is -2.11. The molecule has 0 aromatic heterocycles. The zero-order valence-electron chi connectivity index (χ0n) is 7.19. The van der Waals surface area contributed by atoms with Gasteiger partial charge in [-0.1, -0.05) is 39.1 Å². The Morgan fingerprint density at radius 3 is 2.36 bits per heavy atom. The molecule has 0 spiro atoms. The van der Waals surface area contributed by atoms with E-state index in [0.717, 1.165) is 0 Å². The minimum absolute atomic E-state index is 0.0693. The van der Waals surface area contributed by atoms with Crippen LogP contribution in [0.3, 0.4) is 0 Å². The van der Waals surface area contributed by atoms with Crippen LogP contribution in [0.4, 0.5) is 5.69 Å². The molecule has 0 atom stereocenters. The van der Waals surface area contributed by atoms with Crippen molar-refractivity contribution in [3.63, 3.8) is 0 Å². The van der Waals surface area contributed by atoms with Crippen molar-refractivity contribution in [1.29, 1.82) is 0 Å². The van der Waals surface area contributed by atoms with E-state index in [-0.39, 0.29) is 5.91 Å². The number of carbonyl (C=O) groups excluding carboxylic acids is 1. The number of alkyl halides is 1. The molecule has 1 aromatic rings. The van der Waals surface area contributed by atoms with Crippen LogP contribution in [0.5, 0.6) is 0 Å². The Morgan fingerprint density at radius 2 is 1.86 bits per heavy atom. The summed E-state index contributed by atoms with van der Waals surface area (Å²) in [6.07, 6.45) is 0.421. The molecular formula is C9H8BrCl2NO. The highest BCUT2D eigenvalue weighted by atomic mass is 79.9. The van der Waals surface area contributed by atoms with E-state index in [4.69, 9.17) is 23.2 Å². The maximum absolute atomic E-state index is 11.2. The van der Waals surface area contributed by atoms with Gasteiger partial charge in [-0.25, -0.2) is 0 Å². The van der Waals surface area contributed by atoms with Gasteiger partial charge in [0.05, 0.1) is 0 Å². The van der Waals surface area contributed by atoms with Gasteiger partial charge < -0.3 is 5.32 Å². The number of hydrogen-bond donors (Lipinski definition) is 1. The third-order valence-electron chi connectivity index (χ3n) is 1.47. The lowest BCUT2D eigenvalue weighted by molar-refractivity contribution is -0.115. The summed E-state index contributed by atoms with van der Waals surface area (Å²) in [6.45, 7) is 0. The summed E-state index contributed by atoms with van der Waals surface area (Å²) >= 11 is 14.7. The van der Waals surface area contributed by atoms with Crippen molar-refractivity contribution in [1.82, 2.24) is 0 Å². The number of halogens is 3. The van der Waals surface area contributed by atoms with Crippen molar-refractivity contribution in [3.05, 3.63) is 28.2 Å². The first-order valence-electron chi connectivity index (χ1n) is 3.93. The van der Waals surface area contributed by atoms with E-state index in [1.54, 1.807) is 18.2 Å².